The van der Waals surface area contributed by atoms with E-state index < -0.39 is 59.7 Å². The number of H-pyrrole nitrogens is 1. The van der Waals surface area contributed by atoms with Crippen molar-refractivity contribution in [2.45, 2.75) is 12.5 Å². The Bertz CT molecular complexity index is 1040. The summed E-state index contributed by atoms with van der Waals surface area (Å²) >= 11 is 0. The van der Waals surface area contributed by atoms with Gasteiger partial charge in [-0.1, -0.05) is 0 Å². The number of fused-ring (bicyclic) bond motifs is 1. The lowest BCUT2D eigenvalue weighted by Crippen LogP contribution is -2.37. The van der Waals surface area contributed by atoms with E-state index in [-0.39, 0.29) is 10.1 Å². The lowest BCUT2D eigenvalue weighted by Gasteiger charge is -2.18. The summed E-state index contributed by atoms with van der Waals surface area (Å²) in [6.45, 7) is -1.87. The predicted octanol–water partition coefficient (Wildman–Crippen LogP) is -0.0663. The second kappa shape index (κ2) is 6.55. The molecule has 15 heteroatoms. The zero-order valence-electron chi connectivity index (χ0n) is 12.4. The maximum Gasteiger partial charge on any atom is 0.422 e. The Hall–Kier alpha value is -2.70. The van der Waals surface area contributed by atoms with E-state index in [0.29, 0.717) is 12.1 Å². The van der Waals surface area contributed by atoms with Crippen molar-refractivity contribution in [1.82, 2.24) is 9.55 Å². The molecule has 0 spiro atoms. The second-order valence-electron chi connectivity index (χ2n) is 4.98. The van der Waals surface area contributed by atoms with Crippen LogP contribution >= 0.6 is 7.60 Å². The van der Waals surface area contributed by atoms with E-state index in [1.54, 1.807) is 0 Å². The molecule has 0 aliphatic rings. The summed E-state index contributed by atoms with van der Waals surface area (Å²) in [5.41, 5.74) is -4.47. The number of rotatable bonds is 5. The van der Waals surface area contributed by atoms with Crippen LogP contribution < -0.4 is 20.7 Å². The van der Waals surface area contributed by atoms with E-state index in [4.69, 9.17) is 10.1 Å². The molecule has 1 aromatic carbocycles. The smallest absolute Gasteiger partial charge is 0.422 e. The van der Waals surface area contributed by atoms with Gasteiger partial charge in [0.2, 0.25) is 5.75 Å². The molecule has 2 rings (SSSR count). The number of hydrogen-bond acceptors (Lipinski definition) is 6. The van der Waals surface area contributed by atoms with E-state index in [0.717, 1.165) is 0 Å². The molecular weight excluding hydrogens is 390 g/mol. The molecular formula is C11H9F3N3O8P. The molecule has 26 heavy (non-hydrogen) atoms. The molecule has 1 atom stereocenters. The number of benzene rings is 1. The van der Waals surface area contributed by atoms with Crippen molar-refractivity contribution in [3.8, 4) is 5.75 Å². The molecule has 0 saturated carbocycles. The highest BCUT2D eigenvalue weighted by Gasteiger charge is 2.31. The van der Waals surface area contributed by atoms with Crippen LogP contribution in [-0.4, -0.2) is 37.4 Å². The van der Waals surface area contributed by atoms with Crippen LogP contribution in [0.15, 0.2) is 21.7 Å². The molecule has 11 nitrogen and oxygen atoms in total. The summed E-state index contributed by atoms with van der Waals surface area (Å²) in [4.78, 5) is 55.6. The van der Waals surface area contributed by atoms with Gasteiger partial charge in [-0.05, 0) is 0 Å². The van der Waals surface area contributed by atoms with Gasteiger partial charge in [0, 0.05) is 6.07 Å². The average molecular weight is 399 g/mol. The zero-order valence-corrected chi connectivity index (χ0v) is 13.3. The minimum Gasteiger partial charge on any atom is -0.777 e. The van der Waals surface area contributed by atoms with Crippen molar-refractivity contribution in [2.24, 2.45) is 0 Å². The van der Waals surface area contributed by atoms with Gasteiger partial charge in [-0.15, -0.1) is 0 Å². The van der Waals surface area contributed by atoms with Crippen LogP contribution in [0.3, 0.4) is 0 Å². The van der Waals surface area contributed by atoms with Crippen molar-refractivity contribution in [1.29, 1.82) is 0 Å². The molecule has 3 N–H and O–H groups in total. The second-order valence-corrected chi connectivity index (χ2v) is 6.54. The Kier molecular flexibility index (Phi) is 4.94. The summed E-state index contributed by atoms with van der Waals surface area (Å²) in [5, 5.41) is 8.99. The highest BCUT2D eigenvalue weighted by molar-refractivity contribution is 7.49. The summed E-state index contributed by atoms with van der Waals surface area (Å²) in [6.07, 6.45) is -6.17. The first kappa shape index (κ1) is 19.6. The normalized spacial score (nSPS) is 14.2. The summed E-state index contributed by atoms with van der Waals surface area (Å²) in [6, 6.07) is 1.29. The van der Waals surface area contributed by atoms with Crippen molar-refractivity contribution < 1.29 is 42.4 Å². The van der Waals surface area contributed by atoms with E-state index in [1.807, 2.05) is 4.98 Å². The van der Waals surface area contributed by atoms with E-state index in [1.165, 1.54) is 0 Å². The Morgan fingerprint density at radius 2 is 1.96 bits per heavy atom. The SMILES string of the molecule is O=c1[nH]c2cc([N+](=O)O)c(OCC(F)(F)F)cc2n(CP(=O)([O-])O)c1=O. The third-order valence-electron chi connectivity index (χ3n) is 2.97. The quantitative estimate of drug-likeness (QED) is 0.357. The van der Waals surface area contributed by atoms with E-state index >= 15 is 0 Å². The van der Waals surface area contributed by atoms with Gasteiger partial charge < -0.3 is 24.1 Å². The molecule has 0 radical (unpaired) electrons. The molecule has 0 amide bonds. The molecule has 142 valence electrons. The monoisotopic (exact) mass is 399 g/mol. The number of ether oxygens (including phenoxy) is 1. The van der Waals surface area contributed by atoms with Gasteiger partial charge in [-0.3, -0.25) is 14.2 Å². The number of halogens is 3. The van der Waals surface area contributed by atoms with Crippen molar-refractivity contribution in [3.63, 3.8) is 0 Å². The Morgan fingerprint density at radius 1 is 1.35 bits per heavy atom. The summed E-state index contributed by atoms with van der Waals surface area (Å²) in [7, 11) is -5.11. The van der Waals surface area contributed by atoms with Gasteiger partial charge >= 0.3 is 23.0 Å². The number of nitrogens with zero attached hydrogens (tertiary/aromatic N) is 2. The fourth-order valence-corrected chi connectivity index (χ4v) is 2.67. The largest absolute Gasteiger partial charge is 0.777 e. The minimum absolute atomic E-state index is 0.263. The van der Waals surface area contributed by atoms with Crippen LogP contribution in [0.4, 0.5) is 18.9 Å². The standard InChI is InChI=1S/C11H9F3N3O8P/c12-11(13,14)3-25-8-2-6-5(1-7(8)17(20)21)15-9(18)10(19)16(6)4-26(22,23)24/h1-2H,3-4H2,(H3-,15,18,20,21,22,23,24). The molecule has 1 heterocycles. The molecule has 1 aromatic heterocycles. The van der Waals surface area contributed by atoms with Gasteiger partial charge in [0.1, 0.15) is 0 Å². The first-order valence-corrected chi connectivity index (χ1v) is 8.24. The van der Waals surface area contributed by atoms with Gasteiger partial charge in [0.15, 0.2) is 14.2 Å². The Morgan fingerprint density at radius 3 is 2.46 bits per heavy atom. The lowest BCUT2D eigenvalue weighted by atomic mass is 10.2. The topological polar surface area (TPSA) is 165 Å². The van der Waals surface area contributed by atoms with Crippen molar-refractivity contribution >= 4 is 24.3 Å². The summed E-state index contributed by atoms with van der Waals surface area (Å²) in [5.74, 6) is -0.855. The highest BCUT2D eigenvalue weighted by atomic mass is 31.2. The molecule has 0 aliphatic carbocycles. The van der Waals surface area contributed by atoms with Crippen molar-refractivity contribution in [2.75, 3.05) is 6.61 Å². The Labute approximate surface area is 139 Å². The van der Waals surface area contributed by atoms with Crippen LogP contribution in [0.25, 0.3) is 11.0 Å². The van der Waals surface area contributed by atoms with E-state index in [9.17, 15) is 37.1 Å². The fourth-order valence-electron chi connectivity index (χ4n) is 2.03. The van der Waals surface area contributed by atoms with Gasteiger partial charge in [-0.25, -0.2) is 5.21 Å². The molecule has 1 unspecified atom stereocenters. The van der Waals surface area contributed by atoms with Crippen LogP contribution in [-0.2, 0) is 10.9 Å². The van der Waals surface area contributed by atoms with E-state index in [2.05, 4.69) is 4.74 Å². The minimum atomic E-state index is -5.11. The van der Waals surface area contributed by atoms with Crippen LogP contribution in [0.2, 0.25) is 0 Å². The molecule has 0 bridgehead atoms. The molecule has 0 saturated heterocycles. The highest BCUT2D eigenvalue weighted by Crippen LogP contribution is 2.35. The van der Waals surface area contributed by atoms with Crippen LogP contribution in [0.5, 0.6) is 5.75 Å². The number of hydrogen-bond donors (Lipinski definition) is 3. The fraction of sp³-hybridized carbons (Fsp3) is 0.273. The zero-order chi connectivity index (χ0) is 19.9. The summed E-state index contributed by atoms with van der Waals surface area (Å²) < 4.78 is 52.6. The maximum absolute atomic E-state index is 12.3. The third kappa shape index (κ3) is 4.47. The first-order chi connectivity index (χ1) is 11.8. The van der Waals surface area contributed by atoms with Crippen LogP contribution in [0, 0.1) is 4.91 Å². The van der Waals surface area contributed by atoms with Gasteiger partial charge in [-0.2, -0.15) is 13.2 Å². The first-order valence-electron chi connectivity index (χ1n) is 6.48. The van der Waals surface area contributed by atoms with Gasteiger partial charge in [0.25, 0.3) is 4.92 Å². The molecule has 2 aromatic rings. The number of alkyl halides is 3. The molecule has 0 aliphatic heterocycles. The third-order valence-corrected chi connectivity index (χ3v) is 3.61. The number of nitrogens with one attached hydrogen (secondary N) is 1. The predicted molar refractivity (Wildman–Crippen MR) is 75.3 cm³/mol. The Balaban J connectivity index is 2.77. The molecule has 0 fully saturated rings. The number of aromatic amines is 1. The van der Waals surface area contributed by atoms with Gasteiger partial charge in [0.05, 0.1) is 28.3 Å². The number of aromatic nitrogens is 2. The van der Waals surface area contributed by atoms with Crippen LogP contribution in [0.1, 0.15) is 0 Å². The average Bonchev–Trinajstić information content (AvgIpc) is 2.47. The maximum atomic E-state index is 12.3. The lowest BCUT2D eigenvalue weighted by molar-refractivity contribution is -0.730. The van der Waals surface area contributed by atoms with Crippen molar-refractivity contribution in [3.05, 3.63) is 37.7 Å².